The van der Waals surface area contributed by atoms with Gasteiger partial charge >= 0.3 is 0 Å². The van der Waals surface area contributed by atoms with E-state index in [0.29, 0.717) is 0 Å². The molecule has 0 atom stereocenters. The van der Waals surface area contributed by atoms with Gasteiger partial charge in [-0.2, -0.15) is 0 Å². The molecular weight excluding hydrogens is 144 g/mol. The molecule has 2 aliphatic carbocycles. The smallest absolute Gasteiger partial charge is 0.0131 e. The predicted octanol–water partition coefficient (Wildman–Crippen LogP) is 3.14. The Hall–Kier alpha value is -1.04. The minimum Gasteiger partial charge on any atom is -0.0754 e. The molecule has 0 bridgehead atoms. The maximum atomic E-state index is 2.28. The van der Waals surface area contributed by atoms with Crippen molar-refractivity contribution in [2.75, 3.05) is 0 Å². The van der Waals surface area contributed by atoms with Crippen LogP contribution in [0.1, 0.15) is 35.4 Å². The number of fused-ring (bicyclic) bond motifs is 1. The highest BCUT2D eigenvalue weighted by Crippen LogP contribution is 2.43. The monoisotopic (exact) mass is 155 g/mol. The van der Waals surface area contributed by atoms with E-state index >= 15 is 0 Å². The van der Waals surface area contributed by atoms with Crippen molar-refractivity contribution in [3.8, 4) is 0 Å². The largest absolute Gasteiger partial charge is 0.0754 e. The fourth-order valence-electron chi connectivity index (χ4n) is 1.94. The van der Waals surface area contributed by atoms with Gasteiger partial charge in [0.05, 0.1) is 0 Å². The molecule has 0 saturated heterocycles. The van der Waals surface area contributed by atoms with Gasteiger partial charge in [0.1, 0.15) is 0 Å². The lowest BCUT2D eigenvalue weighted by Gasteiger charge is -2.04. The number of hydrogen-bond acceptors (Lipinski definition) is 0. The standard InChI is InChI=1S/C12H11/c1-3-9-4-2-6-12(10-7-8-10)11(9)5-1/h1-6,10H,7-8H2. The molecule has 0 spiro atoms. The first-order valence-corrected chi connectivity index (χ1v) is 4.59. The van der Waals surface area contributed by atoms with E-state index in [-0.39, 0.29) is 0 Å². The van der Waals surface area contributed by atoms with E-state index in [2.05, 4.69) is 36.8 Å². The van der Waals surface area contributed by atoms with Crippen molar-refractivity contribution < 1.29 is 0 Å². The normalized spacial score (nSPS) is 19.7. The van der Waals surface area contributed by atoms with Crippen LogP contribution in [-0.2, 0) is 0 Å². The molecule has 0 N–H and O–H groups in total. The van der Waals surface area contributed by atoms with Crippen molar-refractivity contribution in [1.29, 1.82) is 0 Å². The number of hydrogen-bond donors (Lipinski definition) is 0. The fraction of sp³-hybridized carbons (Fsp3) is 0.250. The Morgan fingerprint density at radius 3 is 2.92 bits per heavy atom. The molecule has 59 valence electrons. The van der Waals surface area contributed by atoms with Crippen LogP contribution in [0, 0.1) is 6.42 Å². The second-order valence-corrected chi connectivity index (χ2v) is 3.65. The van der Waals surface area contributed by atoms with Crippen LogP contribution < -0.4 is 0 Å². The molecule has 1 aromatic carbocycles. The van der Waals surface area contributed by atoms with Crippen LogP contribution in [0.5, 0.6) is 0 Å². The molecule has 1 saturated carbocycles. The van der Waals surface area contributed by atoms with Gasteiger partial charge in [-0.05, 0) is 35.4 Å². The zero-order chi connectivity index (χ0) is 7.97. The molecule has 12 heavy (non-hydrogen) atoms. The van der Waals surface area contributed by atoms with Gasteiger partial charge in [0.15, 0.2) is 0 Å². The summed E-state index contributed by atoms with van der Waals surface area (Å²) in [5, 5.41) is 0. The molecule has 1 fully saturated rings. The summed E-state index contributed by atoms with van der Waals surface area (Å²) in [7, 11) is 0. The fourth-order valence-corrected chi connectivity index (χ4v) is 1.94. The minimum atomic E-state index is 0.871. The van der Waals surface area contributed by atoms with E-state index in [9.17, 15) is 0 Å². The van der Waals surface area contributed by atoms with Crippen LogP contribution in [0.15, 0.2) is 24.3 Å². The summed E-state index contributed by atoms with van der Waals surface area (Å²) in [4.78, 5) is 0. The lowest BCUT2D eigenvalue weighted by Crippen LogP contribution is -1.87. The zero-order valence-corrected chi connectivity index (χ0v) is 6.96. The van der Waals surface area contributed by atoms with E-state index in [4.69, 9.17) is 0 Å². The molecule has 1 aromatic rings. The molecular formula is C12H11. The summed E-state index contributed by atoms with van der Waals surface area (Å²) in [6.45, 7) is 0. The number of benzene rings is 1. The van der Waals surface area contributed by atoms with Crippen molar-refractivity contribution in [3.63, 3.8) is 0 Å². The van der Waals surface area contributed by atoms with Crippen molar-refractivity contribution in [1.82, 2.24) is 0 Å². The Morgan fingerprint density at radius 1 is 1.17 bits per heavy atom. The summed E-state index contributed by atoms with van der Waals surface area (Å²) in [5.74, 6) is 0.871. The van der Waals surface area contributed by atoms with Gasteiger partial charge in [-0.25, -0.2) is 0 Å². The van der Waals surface area contributed by atoms with Gasteiger partial charge < -0.3 is 0 Å². The van der Waals surface area contributed by atoms with E-state index < -0.39 is 0 Å². The SMILES string of the molecule is [CH]1C=Cc2c1cccc2C1CC1. The Kier molecular flexibility index (Phi) is 1.20. The maximum Gasteiger partial charge on any atom is 0.0131 e. The predicted molar refractivity (Wildman–Crippen MR) is 50.9 cm³/mol. The van der Waals surface area contributed by atoms with Gasteiger partial charge in [-0.1, -0.05) is 30.4 Å². The Morgan fingerprint density at radius 2 is 2.08 bits per heavy atom. The Bertz CT molecular complexity index is 343. The van der Waals surface area contributed by atoms with E-state index in [0.717, 1.165) is 5.92 Å². The van der Waals surface area contributed by atoms with Crippen LogP contribution in [0.25, 0.3) is 6.08 Å². The summed E-state index contributed by atoms with van der Waals surface area (Å²) >= 11 is 0. The third-order valence-corrected chi connectivity index (χ3v) is 2.73. The molecule has 3 rings (SSSR count). The van der Waals surface area contributed by atoms with Crippen LogP contribution in [-0.4, -0.2) is 0 Å². The average molecular weight is 155 g/mol. The van der Waals surface area contributed by atoms with E-state index in [1.165, 1.54) is 24.0 Å². The highest BCUT2D eigenvalue weighted by Gasteiger charge is 2.26. The molecule has 1 radical (unpaired) electrons. The first-order valence-electron chi connectivity index (χ1n) is 4.59. The lowest BCUT2D eigenvalue weighted by molar-refractivity contribution is 1.12. The maximum absolute atomic E-state index is 2.28. The van der Waals surface area contributed by atoms with Gasteiger partial charge in [-0.15, -0.1) is 0 Å². The average Bonchev–Trinajstić information content (AvgIpc) is 2.82. The van der Waals surface area contributed by atoms with Crippen molar-refractivity contribution in [2.24, 2.45) is 0 Å². The second-order valence-electron chi connectivity index (χ2n) is 3.65. The van der Waals surface area contributed by atoms with Crippen LogP contribution in [0.2, 0.25) is 0 Å². The van der Waals surface area contributed by atoms with Gasteiger partial charge in [-0.3, -0.25) is 0 Å². The number of rotatable bonds is 1. The van der Waals surface area contributed by atoms with E-state index in [1.54, 1.807) is 5.56 Å². The third kappa shape index (κ3) is 0.842. The minimum absolute atomic E-state index is 0.871. The molecule has 0 aromatic heterocycles. The lowest BCUT2D eigenvalue weighted by atomic mass is 10.0. The van der Waals surface area contributed by atoms with Gasteiger partial charge in [0.25, 0.3) is 0 Å². The second kappa shape index (κ2) is 2.22. The first kappa shape index (κ1) is 6.47. The van der Waals surface area contributed by atoms with Crippen molar-refractivity contribution in [2.45, 2.75) is 18.8 Å². The van der Waals surface area contributed by atoms with Crippen LogP contribution in [0.3, 0.4) is 0 Å². The highest BCUT2D eigenvalue weighted by atomic mass is 14.3. The quantitative estimate of drug-likeness (QED) is 0.584. The first-order chi connectivity index (χ1) is 5.95. The highest BCUT2D eigenvalue weighted by molar-refractivity contribution is 5.68. The Balaban J connectivity index is 2.18. The summed E-state index contributed by atoms with van der Waals surface area (Å²) in [6.07, 6.45) is 9.37. The third-order valence-electron chi connectivity index (χ3n) is 2.73. The summed E-state index contributed by atoms with van der Waals surface area (Å²) in [5.41, 5.74) is 4.44. The van der Waals surface area contributed by atoms with Gasteiger partial charge in [0, 0.05) is 6.42 Å². The van der Waals surface area contributed by atoms with Crippen molar-refractivity contribution in [3.05, 3.63) is 47.4 Å². The topological polar surface area (TPSA) is 0 Å². The Labute approximate surface area is 72.9 Å². The zero-order valence-electron chi connectivity index (χ0n) is 6.96. The summed E-state index contributed by atoms with van der Waals surface area (Å²) < 4.78 is 0. The molecule has 2 aliphatic rings. The molecule has 0 nitrogen and oxygen atoms in total. The molecule has 0 heterocycles. The van der Waals surface area contributed by atoms with Crippen molar-refractivity contribution >= 4 is 6.08 Å². The van der Waals surface area contributed by atoms with Crippen LogP contribution >= 0.6 is 0 Å². The molecule has 0 aliphatic heterocycles. The summed E-state index contributed by atoms with van der Waals surface area (Å²) in [6, 6.07) is 6.65. The molecule has 0 unspecified atom stereocenters. The van der Waals surface area contributed by atoms with Gasteiger partial charge in [0.2, 0.25) is 0 Å². The molecule has 0 amide bonds. The number of allylic oxidation sites excluding steroid dienone is 1. The van der Waals surface area contributed by atoms with Crippen LogP contribution in [0.4, 0.5) is 0 Å². The van der Waals surface area contributed by atoms with E-state index in [1.807, 2.05) is 0 Å². The molecule has 0 heteroatoms.